The van der Waals surface area contributed by atoms with Crippen molar-refractivity contribution in [2.24, 2.45) is 0 Å². The molecule has 1 aromatic rings. The molecular formula is C7H6F5NO3Si. The van der Waals surface area contributed by atoms with E-state index in [2.05, 4.69) is 0 Å². The Morgan fingerprint density at radius 1 is 1.12 bits per heavy atom. The lowest BCUT2D eigenvalue weighted by Crippen LogP contribution is -2.62. The monoisotopic (exact) mass is 275 g/mol. The lowest BCUT2D eigenvalue weighted by Gasteiger charge is -2.27. The van der Waals surface area contributed by atoms with Crippen molar-refractivity contribution in [3.63, 3.8) is 0 Å². The summed E-state index contributed by atoms with van der Waals surface area (Å²) in [5, 5.41) is -1.72. The van der Waals surface area contributed by atoms with E-state index in [1.54, 1.807) is 0 Å². The standard InChI is InChI=1S/C7H6F5NO3Si/c8-4-2-1-3-5(6(4)9)13(12)7(10,11)17(14,15)16/h1-3,14-16H. The van der Waals surface area contributed by atoms with Crippen LogP contribution in [0.4, 0.5) is 27.7 Å². The second-order valence-electron chi connectivity index (χ2n) is 3.03. The third-order valence-corrected chi connectivity index (χ3v) is 2.80. The lowest BCUT2D eigenvalue weighted by molar-refractivity contribution is -0.0360. The van der Waals surface area contributed by atoms with Gasteiger partial charge >= 0.3 is 14.5 Å². The van der Waals surface area contributed by atoms with Crippen LogP contribution in [0.3, 0.4) is 0 Å². The largest absolute Gasteiger partial charge is 0.594 e. The molecule has 0 aliphatic heterocycles. The molecule has 0 amide bonds. The highest BCUT2D eigenvalue weighted by Gasteiger charge is 2.63. The molecule has 0 spiro atoms. The van der Waals surface area contributed by atoms with Gasteiger partial charge in [-0.05, 0) is 12.1 Å². The Morgan fingerprint density at radius 3 is 2.12 bits per heavy atom. The highest BCUT2D eigenvalue weighted by molar-refractivity contribution is 6.59. The summed E-state index contributed by atoms with van der Waals surface area (Å²) < 4.78 is 64.5. The zero-order valence-electron chi connectivity index (χ0n) is 7.91. The summed E-state index contributed by atoms with van der Waals surface area (Å²) in [5.41, 5.74) is -6.72. The number of nitrogens with zero attached hydrogens (tertiary/aromatic N) is 1. The van der Waals surface area contributed by atoms with E-state index in [-0.39, 0.29) is 0 Å². The second kappa shape index (κ2) is 4.22. The van der Waals surface area contributed by atoms with Crippen molar-refractivity contribution >= 4 is 14.5 Å². The van der Waals surface area contributed by atoms with Gasteiger partial charge in [0.05, 0.1) is 0 Å². The summed E-state index contributed by atoms with van der Waals surface area (Å²) >= 11 is 0. The minimum Gasteiger partial charge on any atom is -0.385 e. The maximum absolute atomic E-state index is 13.1. The zero-order valence-corrected chi connectivity index (χ0v) is 8.91. The van der Waals surface area contributed by atoms with E-state index in [1.807, 2.05) is 0 Å². The van der Waals surface area contributed by atoms with Crippen molar-refractivity contribution in [2.75, 3.05) is 5.12 Å². The molecule has 0 heterocycles. The molecule has 0 radical (unpaired) electrons. The fraction of sp³-hybridized carbons (Fsp3) is 0.143. The van der Waals surface area contributed by atoms with Crippen molar-refractivity contribution in [3.8, 4) is 0 Å². The number of hydrogen-bond acceptors (Lipinski definition) is 4. The SMILES string of the molecule is O[Si](O)(O)C(F)(F)N(F)c1cccc(F)c1F. The number of anilines is 1. The number of rotatable bonds is 3. The minimum absolute atomic E-state index is 0.437. The lowest BCUT2D eigenvalue weighted by atomic mass is 10.3. The van der Waals surface area contributed by atoms with Crippen LogP contribution in [-0.2, 0) is 0 Å². The molecule has 0 aromatic heterocycles. The summed E-state index contributed by atoms with van der Waals surface area (Å²) in [4.78, 5) is 25.0. The molecule has 1 aromatic carbocycles. The number of benzene rings is 1. The fourth-order valence-corrected chi connectivity index (χ4v) is 1.31. The average Bonchev–Trinajstić information content (AvgIpc) is 2.19. The Morgan fingerprint density at radius 2 is 1.65 bits per heavy atom. The molecule has 17 heavy (non-hydrogen) atoms. The molecule has 0 atom stereocenters. The molecule has 96 valence electrons. The Balaban J connectivity index is 3.22. The maximum atomic E-state index is 13.1. The average molecular weight is 275 g/mol. The van der Waals surface area contributed by atoms with Crippen LogP contribution in [0.5, 0.6) is 0 Å². The first-order valence-electron chi connectivity index (χ1n) is 4.04. The van der Waals surface area contributed by atoms with Crippen LogP contribution >= 0.6 is 0 Å². The molecule has 0 saturated heterocycles. The van der Waals surface area contributed by atoms with Crippen LogP contribution < -0.4 is 5.12 Å². The Bertz CT molecular complexity index is 424. The van der Waals surface area contributed by atoms with Crippen molar-refractivity contribution in [1.29, 1.82) is 0 Å². The number of hydrogen-bond donors (Lipinski definition) is 3. The predicted molar refractivity (Wildman–Crippen MR) is 47.3 cm³/mol. The highest BCUT2D eigenvalue weighted by atomic mass is 28.4. The van der Waals surface area contributed by atoms with E-state index in [0.717, 1.165) is 6.07 Å². The molecule has 0 fully saturated rings. The first kappa shape index (κ1) is 13.8. The van der Waals surface area contributed by atoms with Crippen molar-refractivity contribution < 1.29 is 36.4 Å². The van der Waals surface area contributed by atoms with Gasteiger partial charge in [-0.1, -0.05) is 10.5 Å². The van der Waals surface area contributed by atoms with Gasteiger partial charge in [0.2, 0.25) is 0 Å². The molecule has 1 rings (SSSR count). The molecular weight excluding hydrogens is 269 g/mol. The third kappa shape index (κ3) is 2.39. The summed E-state index contributed by atoms with van der Waals surface area (Å²) in [6.07, 6.45) is 0. The van der Waals surface area contributed by atoms with Crippen LogP contribution in [0.1, 0.15) is 0 Å². The van der Waals surface area contributed by atoms with E-state index in [4.69, 9.17) is 14.4 Å². The van der Waals surface area contributed by atoms with Gasteiger partial charge in [-0.2, -0.15) is 8.78 Å². The molecule has 0 aliphatic carbocycles. The first-order chi connectivity index (χ1) is 7.59. The molecule has 3 N–H and O–H groups in total. The van der Waals surface area contributed by atoms with Crippen molar-refractivity contribution in [1.82, 2.24) is 0 Å². The summed E-state index contributed by atoms with van der Waals surface area (Å²) in [6, 6.07) is 1.71. The first-order valence-corrected chi connectivity index (χ1v) is 5.88. The Labute approximate surface area is 92.5 Å². The normalized spacial score (nSPS) is 12.7. The zero-order chi connectivity index (χ0) is 13.4. The van der Waals surface area contributed by atoms with Crippen molar-refractivity contribution in [2.45, 2.75) is 5.67 Å². The Hall–Kier alpha value is -1.23. The smallest absolute Gasteiger partial charge is 0.385 e. The molecule has 10 heteroatoms. The summed E-state index contributed by atoms with van der Waals surface area (Å²) in [6.45, 7) is 0. The van der Waals surface area contributed by atoms with Crippen LogP contribution in [0.15, 0.2) is 18.2 Å². The van der Waals surface area contributed by atoms with Gasteiger partial charge in [-0.25, -0.2) is 8.78 Å². The summed E-state index contributed by atoms with van der Waals surface area (Å²) in [5.74, 6) is -3.56. The Kier molecular flexibility index (Phi) is 3.43. The molecule has 0 aliphatic rings. The summed E-state index contributed by atoms with van der Waals surface area (Å²) in [7, 11) is -6.24. The van der Waals surface area contributed by atoms with Crippen LogP contribution in [-0.4, -0.2) is 28.9 Å². The van der Waals surface area contributed by atoms with Crippen LogP contribution in [0.25, 0.3) is 0 Å². The predicted octanol–water partition coefficient (Wildman–Crippen LogP) is 0.704. The van der Waals surface area contributed by atoms with Gasteiger partial charge in [-0.15, -0.1) is 5.12 Å². The topological polar surface area (TPSA) is 63.9 Å². The van der Waals surface area contributed by atoms with Gasteiger partial charge < -0.3 is 14.4 Å². The molecule has 4 nitrogen and oxygen atoms in total. The van der Waals surface area contributed by atoms with Gasteiger partial charge in [0, 0.05) is 0 Å². The maximum Gasteiger partial charge on any atom is 0.594 e. The van der Waals surface area contributed by atoms with E-state index in [0.29, 0.717) is 12.1 Å². The number of alkyl halides is 2. The fourth-order valence-electron chi connectivity index (χ4n) is 0.927. The second-order valence-corrected chi connectivity index (χ2v) is 4.90. The van der Waals surface area contributed by atoms with E-state index < -0.39 is 36.9 Å². The van der Waals surface area contributed by atoms with Crippen LogP contribution in [0, 0.1) is 11.6 Å². The van der Waals surface area contributed by atoms with Crippen molar-refractivity contribution in [3.05, 3.63) is 29.8 Å². The van der Waals surface area contributed by atoms with Gasteiger partial charge in [-0.3, -0.25) is 0 Å². The quantitative estimate of drug-likeness (QED) is 0.329. The third-order valence-electron chi connectivity index (χ3n) is 1.79. The molecule has 0 bridgehead atoms. The molecule has 0 unspecified atom stereocenters. The van der Waals surface area contributed by atoms with E-state index >= 15 is 0 Å². The molecule has 0 saturated carbocycles. The van der Waals surface area contributed by atoms with Gasteiger partial charge in [0.25, 0.3) is 0 Å². The van der Waals surface area contributed by atoms with E-state index in [1.165, 1.54) is 0 Å². The van der Waals surface area contributed by atoms with Gasteiger partial charge in [0.15, 0.2) is 11.6 Å². The highest BCUT2D eigenvalue weighted by Crippen LogP contribution is 2.34. The van der Waals surface area contributed by atoms with Crippen LogP contribution in [0.2, 0.25) is 0 Å². The number of halogens is 5. The van der Waals surface area contributed by atoms with E-state index in [9.17, 15) is 22.0 Å². The minimum atomic E-state index is -6.24. The van der Waals surface area contributed by atoms with Gasteiger partial charge in [0.1, 0.15) is 5.69 Å².